The molecule has 0 fully saturated rings. The lowest BCUT2D eigenvalue weighted by atomic mass is 10.2. The molecule has 10 heteroatoms. The van der Waals surface area contributed by atoms with Crippen LogP contribution in [0.2, 0.25) is 0 Å². The molecule has 0 aliphatic heterocycles. The van der Waals surface area contributed by atoms with Gasteiger partial charge in [-0.05, 0) is 37.2 Å². The summed E-state index contributed by atoms with van der Waals surface area (Å²) in [5.74, 6) is 0. The Kier molecular flexibility index (Phi) is 4.63. The zero-order chi connectivity index (χ0) is 17.0. The van der Waals surface area contributed by atoms with Crippen molar-refractivity contribution in [2.24, 2.45) is 0 Å². The first-order valence-electron chi connectivity index (χ1n) is 6.88. The molecule has 1 aromatic carbocycles. The summed E-state index contributed by atoms with van der Waals surface area (Å²) in [6.45, 7) is 6.00. The topological polar surface area (TPSA) is 132 Å². The van der Waals surface area contributed by atoms with Crippen molar-refractivity contribution in [1.29, 1.82) is 0 Å². The third kappa shape index (κ3) is 4.28. The number of nitro groups is 1. The van der Waals surface area contributed by atoms with Crippen molar-refractivity contribution in [3.63, 3.8) is 0 Å². The van der Waals surface area contributed by atoms with Crippen LogP contribution in [-0.2, 0) is 4.74 Å². The molecule has 1 amide bonds. The van der Waals surface area contributed by atoms with Gasteiger partial charge >= 0.3 is 11.8 Å². The number of carbonyl (C=O) groups is 1. The maximum absolute atomic E-state index is 11.5. The quantitative estimate of drug-likeness (QED) is 0.485. The number of aromatic nitrogens is 2. The van der Waals surface area contributed by atoms with Crippen LogP contribution in [0.15, 0.2) is 16.8 Å². The number of anilines is 1. The van der Waals surface area contributed by atoms with Crippen LogP contribution < -0.4 is 10.6 Å². The minimum Gasteiger partial charge on any atom is -0.444 e. The highest BCUT2D eigenvalue weighted by Gasteiger charge is 2.19. The van der Waals surface area contributed by atoms with Crippen molar-refractivity contribution in [2.75, 3.05) is 18.4 Å². The van der Waals surface area contributed by atoms with Gasteiger partial charge in [-0.2, -0.15) is 0 Å². The Morgan fingerprint density at radius 1 is 1.30 bits per heavy atom. The summed E-state index contributed by atoms with van der Waals surface area (Å²) >= 11 is 0. The minimum absolute atomic E-state index is 0.0695. The molecular formula is C13H17N5O5. The fourth-order valence-electron chi connectivity index (χ4n) is 1.82. The van der Waals surface area contributed by atoms with Gasteiger partial charge in [0.05, 0.1) is 10.6 Å². The normalized spacial score (nSPS) is 11.3. The van der Waals surface area contributed by atoms with Gasteiger partial charge in [0.15, 0.2) is 5.52 Å². The fraction of sp³-hybridized carbons (Fsp3) is 0.462. The molecule has 2 rings (SSSR count). The van der Waals surface area contributed by atoms with Gasteiger partial charge < -0.3 is 15.4 Å². The zero-order valence-corrected chi connectivity index (χ0v) is 13.0. The summed E-state index contributed by atoms with van der Waals surface area (Å²) < 4.78 is 9.66. The smallest absolute Gasteiger partial charge is 0.407 e. The van der Waals surface area contributed by atoms with Gasteiger partial charge in [-0.1, -0.05) is 0 Å². The van der Waals surface area contributed by atoms with Crippen LogP contribution in [0.25, 0.3) is 11.0 Å². The van der Waals surface area contributed by atoms with Gasteiger partial charge in [-0.15, -0.1) is 0 Å². The maximum Gasteiger partial charge on any atom is 0.407 e. The summed E-state index contributed by atoms with van der Waals surface area (Å²) in [5.41, 5.74) is 0.113. The summed E-state index contributed by atoms with van der Waals surface area (Å²) in [4.78, 5) is 21.8. The fourth-order valence-corrected chi connectivity index (χ4v) is 1.82. The van der Waals surface area contributed by atoms with Crippen LogP contribution in [0.1, 0.15) is 20.8 Å². The number of carbonyl (C=O) groups excluding carboxylic acids is 1. The van der Waals surface area contributed by atoms with E-state index in [2.05, 4.69) is 25.6 Å². The van der Waals surface area contributed by atoms with E-state index >= 15 is 0 Å². The highest BCUT2D eigenvalue weighted by Crippen LogP contribution is 2.28. The van der Waals surface area contributed by atoms with Crippen molar-refractivity contribution >= 4 is 28.5 Å². The molecule has 0 spiro atoms. The summed E-state index contributed by atoms with van der Waals surface area (Å²) in [6.07, 6.45) is -0.517. The third-order valence-corrected chi connectivity index (χ3v) is 2.70. The summed E-state index contributed by atoms with van der Waals surface area (Å²) in [6, 6.07) is 2.83. The number of non-ortho nitro benzene ring substituents is 1. The number of benzene rings is 1. The first-order valence-corrected chi connectivity index (χ1v) is 6.88. The van der Waals surface area contributed by atoms with Gasteiger partial charge in [-0.3, -0.25) is 10.1 Å². The molecule has 0 radical (unpaired) electrons. The van der Waals surface area contributed by atoms with Crippen LogP contribution in [0.3, 0.4) is 0 Å². The van der Waals surface area contributed by atoms with Crippen molar-refractivity contribution in [3.8, 4) is 0 Å². The second-order valence-corrected chi connectivity index (χ2v) is 5.71. The molecule has 0 unspecified atom stereocenters. The first-order chi connectivity index (χ1) is 10.8. The average Bonchev–Trinajstić information content (AvgIpc) is 2.90. The second-order valence-electron chi connectivity index (χ2n) is 5.71. The molecule has 124 valence electrons. The van der Waals surface area contributed by atoms with Crippen molar-refractivity contribution < 1.29 is 19.1 Å². The molecule has 2 N–H and O–H groups in total. The SMILES string of the molecule is CC(C)(C)OC(=O)NCCNc1ccc([N+](=O)[O-])c2nonc12. The van der Waals surface area contributed by atoms with Gasteiger partial charge in [-0.25, -0.2) is 9.42 Å². The van der Waals surface area contributed by atoms with E-state index in [1.54, 1.807) is 20.8 Å². The molecule has 1 aromatic heterocycles. The van der Waals surface area contributed by atoms with E-state index in [4.69, 9.17) is 4.74 Å². The van der Waals surface area contributed by atoms with Gasteiger partial charge in [0.2, 0.25) is 5.52 Å². The number of ether oxygens (including phenoxy) is 1. The number of fused-ring (bicyclic) bond motifs is 1. The Morgan fingerprint density at radius 2 is 2.00 bits per heavy atom. The van der Waals surface area contributed by atoms with Crippen molar-refractivity contribution in [3.05, 3.63) is 22.2 Å². The van der Waals surface area contributed by atoms with E-state index in [0.717, 1.165) is 0 Å². The maximum atomic E-state index is 11.5. The molecule has 0 saturated heterocycles. The van der Waals surface area contributed by atoms with E-state index < -0.39 is 16.6 Å². The lowest BCUT2D eigenvalue weighted by molar-refractivity contribution is -0.383. The number of nitro benzene ring substituents is 1. The van der Waals surface area contributed by atoms with Gasteiger partial charge in [0.1, 0.15) is 5.60 Å². The van der Waals surface area contributed by atoms with Gasteiger partial charge in [0, 0.05) is 19.2 Å². The molecule has 2 aromatic rings. The molecule has 0 aliphatic carbocycles. The number of nitrogens with zero attached hydrogens (tertiary/aromatic N) is 3. The molecule has 1 heterocycles. The van der Waals surface area contributed by atoms with Crippen LogP contribution in [0.4, 0.5) is 16.2 Å². The van der Waals surface area contributed by atoms with Crippen LogP contribution in [-0.4, -0.2) is 40.0 Å². The highest BCUT2D eigenvalue weighted by molar-refractivity contribution is 5.93. The van der Waals surface area contributed by atoms with E-state index in [0.29, 0.717) is 18.8 Å². The number of rotatable bonds is 5. The van der Waals surface area contributed by atoms with Gasteiger partial charge in [0.25, 0.3) is 0 Å². The van der Waals surface area contributed by atoms with E-state index in [9.17, 15) is 14.9 Å². The first kappa shape index (κ1) is 16.5. The average molecular weight is 323 g/mol. The lowest BCUT2D eigenvalue weighted by Gasteiger charge is -2.19. The predicted molar refractivity (Wildman–Crippen MR) is 81.2 cm³/mol. The monoisotopic (exact) mass is 323 g/mol. The number of amides is 1. The number of hydrogen-bond donors (Lipinski definition) is 2. The Bertz CT molecular complexity index is 721. The van der Waals surface area contributed by atoms with E-state index in [1.807, 2.05) is 0 Å². The van der Waals surface area contributed by atoms with E-state index in [-0.39, 0.29) is 16.7 Å². The molecule has 10 nitrogen and oxygen atoms in total. The molecule has 23 heavy (non-hydrogen) atoms. The standard InChI is InChI=1S/C13H17N5O5/c1-13(2,3)22-12(19)15-7-6-14-8-4-5-9(18(20)21)11-10(8)16-23-17-11/h4-5,14H,6-7H2,1-3H3,(H,15,19). The molecular weight excluding hydrogens is 306 g/mol. The van der Waals surface area contributed by atoms with Crippen molar-refractivity contribution in [2.45, 2.75) is 26.4 Å². The molecule has 0 saturated carbocycles. The Hall–Kier alpha value is -2.91. The Balaban J connectivity index is 1.93. The number of hydrogen-bond acceptors (Lipinski definition) is 8. The van der Waals surface area contributed by atoms with Crippen LogP contribution in [0, 0.1) is 10.1 Å². The van der Waals surface area contributed by atoms with E-state index in [1.165, 1.54) is 12.1 Å². The summed E-state index contributed by atoms with van der Waals surface area (Å²) in [5, 5.41) is 23.7. The second kappa shape index (κ2) is 6.46. The number of nitrogens with one attached hydrogen (secondary N) is 2. The molecule has 0 bridgehead atoms. The largest absolute Gasteiger partial charge is 0.444 e. The number of alkyl carbamates (subject to hydrolysis) is 1. The molecule has 0 atom stereocenters. The summed E-state index contributed by atoms with van der Waals surface area (Å²) in [7, 11) is 0. The Morgan fingerprint density at radius 3 is 2.65 bits per heavy atom. The minimum atomic E-state index is -0.561. The van der Waals surface area contributed by atoms with Crippen molar-refractivity contribution in [1.82, 2.24) is 15.6 Å². The lowest BCUT2D eigenvalue weighted by Crippen LogP contribution is -2.35. The highest BCUT2D eigenvalue weighted by atomic mass is 16.6. The van der Waals surface area contributed by atoms with Crippen LogP contribution in [0.5, 0.6) is 0 Å². The van der Waals surface area contributed by atoms with Crippen LogP contribution >= 0.6 is 0 Å². The third-order valence-electron chi connectivity index (χ3n) is 2.70. The Labute approximate surface area is 131 Å². The molecule has 0 aliphatic rings. The zero-order valence-electron chi connectivity index (χ0n) is 13.0. The predicted octanol–water partition coefficient (Wildman–Crippen LogP) is 2.07.